The lowest BCUT2D eigenvalue weighted by Gasteiger charge is -2.44. The van der Waals surface area contributed by atoms with Gasteiger partial charge in [0.15, 0.2) is 0 Å². The number of carbonyl (C=O) groups excluding carboxylic acids is 2. The molecule has 0 radical (unpaired) electrons. The first-order valence-electron chi connectivity index (χ1n) is 14.7. The van der Waals surface area contributed by atoms with Crippen molar-refractivity contribution in [3.05, 3.63) is 46.5 Å². The number of hydrogen-bond acceptors (Lipinski definition) is 6. The molecule has 8 nitrogen and oxygen atoms in total. The van der Waals surface area contributed by atoms with E-state index < -0.39 is 24.9 Å². The molecule has 9 heteroatoms. The molecule has 4 atom stereocenters. The molecule has 216 valence electrons. The Morgan fingerprint density at radius 2 is 1.93 bits per heavy atom. The van der Waals surface area contributed by atoms with Crippen LogP contribution in [-0.2, 0) is 19.0 Å². The number of aromatic hydroxyl groups is 1. The second kappa shape index (κ2) is 13.2. The van der Waals surface area contributed by atoms with E-state index in [0.29, 0.717) is 45.0 Å². The summed E-state index contributed by atoms with van der Waals surface area (Å²) in [6, 6.07) is 7.14. The van der Waals surface area contributed by atoms with Crippen molar-refractivity contribution in [1.29, 1.82) is 0 Å². The Morgan fingerprint density at radius 1 is 1.15 bits per heavy atom. The Hall–Kier alpha value is -2.91. The van der Waals surface area contributed by atoms with Crippen molar-refractivity contribution in [1.82, 2.24) is 4.90 Å². The van der Waals surface area contributed by atoms with Crippen LogP contribution < -0.4 is 0 Å². The van der Waals surface area contributed by atoms with Crippen LogP contribution in [0, 0.1) is 23.7 Å². The molecule has 40 heavy (non-hydrogen) atoms. The third-order valence-corrected chi connectivity index (χ3v) is 8.73. The minimum atomic E-state index is -1.00. The lowest BCUT2D eigenvalue weighted by molar-refractivity contribution is -0.141. The van der Waals surface area contributed by atoms with Crippen molar-refractivity contribution in [2.75, 3.05) is 6.54 Å². The standard InChI is InChI=1S/C31H42BNO7/c1-4-20(15-21-9-8-10-22(34)16-21)12-13-26-28-23(19(2)3)17-24-29(25(28)18-32(39)40-26)31(38)33(30(24)37)14-7-5-6-11-27(35)36/h8-10,15-16,19,24-26,29,34,39H,4-7,11-14,17-18H2,1-3H3,(H,35,36)/b20-15+/t24-,25+,26-,29-/m1/s1. The number of likely N-dealkylation sites (tertiary alicyclic amines) is 1. The lowest BCUT2D eigenvalue weighted by atomic mass is 9.57. The maximum Gasteiger partial charge on any atom is 0.455 e. The summed E-state index contributed by atoms with van der Waals surface area (Å²) in [4.78, 5) is 39.3. The summed E-state index contributed by atoms with van der Waals surface area (Å²) in [5.41, 5.74) is 4.40. The second-order valence-corrected chi connectivity index (χ2v) is 11.7. The minimum absolute atomic E-state index is 0.0856. The van der Waals surface area contributed by atoms with Crippen molar-refractivity contribution in [3.8, 4) is 5.75 Å². The molecule has 2 fully saturated rings. The van der Waals surface area contributed by atoms with E-state index in [1.807, 2.05) is 12.1 Å². The Balaban J connectivity index is 1.53. The van der Waals surface area contributed by atoms with Crippen molar-refractivity contribution >= 4 is 31.0 Å². The van der Waals surface area contributed by atoms with E-state index in [-0.39, 0.29) is 41.9 Å². The number of phenolic OH excluding ortho intramolecular Hbond substituents is 1. The van der Waals surface area contributed by atoms with Crippen molar-refractivity contribution in [2.45, 2.75) is 84.6 Å². The highest BCUT2D eigenvalue weighted by atomic mass is 16.5. The van der Waals surface area contributed by atoms with Gasteiger partial charge >= 0.3 is 13.1 Å². The number of carboxylic acid groups (broad SMARTS) is 1. The number of phenols is 1. The number of imide groups is 1. The lowest BCUT2D eigenvalue weighted by Crippen LogP contribution is -2.46. The number of hydrogen-bond donors (Lipinski definition) is 3. The molecule has 3 N–H and O–H groups in total. The first-order valence-corrected chi connectivity index (χ1v) is 14.7. The molecule has 2 saturated heterocycles. The number of nitrogens with zero attached hydrogens (tertiary/aromatic N) is 1. The topological polar surface area (TPSA) is 124 Å². The maximum atomic E-state index is 13.6. The summed E-state index contributed by atoms with van der Waals surface area (Å²) in [5.74, 6) is -1.87. The van der Waals surface area contributed by atoms with Crippen molar-refractivity contribution in [3.63, 3.8) is 0 Å². The number of aliphatic carboxylic acids is 1. The van der Waals surface area contributed by atoms with Gasteiger partial charge in [0.25, 0.3) is 0 Å². The fourth-order valence-electron chi connectivity index (χ4n) is 6.78. The molecule has 2 amide bonds. The average molecular weight is 551 g/mol. The first kappa shape index (κ1) is 30.1. The van der Waals surface area contributed by atoms with Crippen LogP contribution in [0.3, 0.4) is 0 Å². The van der Waals surface area contributed by atoms with Gasteiger partial charge in [-0.15, -0.1) is 0 Å². The molecule has 0 aromatic heterocycles. The van der Waals surface area contributed by atoms with E-state index in [1.54, 1.807) is 12.1 Å². The van der Waals surface area contributed by atoms with E-state index in [0.717, 1.165) is 24.0 Å². The zero-order valence-corrected chi connectivity index (χ0v) is 23.8. The van der Waals surface area contributed by atoms with Crippen molar-refractivity contribution < 1.29 is 34.3 Å². The largest absolute Gasteiger partial charge is 0.508 e. The number of amides is 2. The van der Waals surface area contributed by atoms with Gasteiger partial charge in [-0.25, -0.2) is 0 Å². The normalized spacial score (nSPS) is 25.1. The molecule has 2 heterocycles. The van der Waals surface area contributed by atoms with Crippen LogP contribution in [0.4, 0.5) is 0 Å². The van der Waals surface area contributed by atoms with Crippen LogP contribution >= 0.6 is 0 Å². The molecular weight excluding hydrogens is 509 g/mol. The van der Waals surface area contributed by atoms with E-state index in [9.17, 15) is 24.5 Å². The van der Waals surface area contributed by atoms with Crippen LogP contribution in [-0.4, -0.2) is 57.7 Å². The summed E-state index contributed by atoms with van der Waals surface area (Å²) >= 11 is 0. The van der Waals surface area contributed by atoms with E-state index in [1.165, 1.54) is 16.0 Å². The highest BCUT2D eigenvalue weighted by Gasteiger charge is 2.57. The van der Waals surface area contributed by atoms with Gasteiger partial charge < -0.3 is 19.9 Å². The van der Waals surface area contributed by atoms with Gasteiger partial charge in [-0.05, 0) is 80.0 Å². The predicted molar refractivity (Wildman–Crippen MR) is 153 cm³/mol. The van der Waals surface area contributed by atoms with Gasteiger partial charge in [0, 0.05) is 13.0 Å². The first-order chi connectivity index (χ1) is 19.1. The SMILES string of the molecule is CC/C(=C\c1cccc(O)c1)CC[C@H]1OB(O)C[C@H]2C1=C(C(C)C)C[C@H]1C(=O)N(CCCCCC(=O)O)C(=O)[C@H]12. The number of benzene rings is 1. The number of carboxylic acids is 1. The Labute approximate surface area is 237 Å². The van der Waals surface area contributed by atoms with E-state index in [2.05, 4.69) is 26.8 Å². The summed E-state index contributed by atoms with van der Waals surface area (Å²) in [6.45, 7) is 6.63. The molecule has 0 saturated carbocycles. The smallest absolute Gasteiger partial charge is 0.455 e. The van der Waals surface area contributed by atoms with Crippen LogP contribution in [0.25, 0.3) is 6.08 Å². The van der Waals surface area contributed by atoms with Gasteiger partial charge in [0.1, 0.15) is 5.75 Å². The number of rotatable bonds is 12. The summed E-state index contributed by atoms with van der Waals surface area (Å²) in [7, 11) is -1.00. The molecule has 4 rings (SSSR count). The van der Waals surface area contributed by atoms with Crippen LogP contribution in [0.5, 0.6) is 5.75 Å². The molecule has 0 bridgehead atoms. The number of carbonyl (C=O) groups is 3. The molecule has 1 aromatic rings. The summed E-state index contributed by atoms with van der Waals surface area (Å²) in [5, 5.41) is 29.5. The van der Waals surface area contributed by atoms with Gasteiger partial charge in [-0.1, -0.05) is 56.5 Å². The Kier molecular flexibility index (Phi) is 9.90. The Morgan fingerprint density at radius 3 is 2.60 bits per heavy atom. The van der Waals surface area contributed by atoms with Gasteiger partial charge in [0.05, 0.1) is 17.9 Å². The third-order valence-electron chi connectivity index (χ3n) is 8.73. The zero-order chi connectivity index (χ0) is 29.0. The highest BCUT2D eigenvalue weighted by molar-refractivity contribution is 6.43. The quantitative estimate of drug-likeness (QED) is 0.144. The summed E-state index contributed by atoms with van der Waals surface area (Å²) < 4.78 is 6.12. The van der Waals surface area contributed by atoms with Gasteiger partial charge in [-0.3, -0.25) is 19.3 Å². The van der Waals surface area contributed by atoms with Crippen LogP contribution in [0.15, 0.2) is 41.0 Å². The third kappa shape index (κ3) is 6.69. The monoisotopic (exact) mass is 551 g/mol. The van der Waals surface area contributed by atoms with Crippen molar-refractivity contribution in [2.24, 2.45) is 23.7 Å². The fraction of sp³-hybridized carbons (Fsp3) is 0.581. The number of fused-ring (bicyclic) bond motifs is 3. The molecule has 0 spiro atoms. The molecule has 3 aliphatic rings. The number of unbranched alkanes of at least 4 members (excludes halogenated alkanes) is 2. The van der Waals surface area contributed by atoms with Gasteiger partial charge in [0.2, 0.25) is 11.8 Å². The van der Waals surface area contributed by atoms with Crippen LogP contribution in [0.2, 0.25) is 6.32 Å². The maximum absolute atomic E-state index is 13.6. The molecule has 1 aromatic carbocycles. The Bertz CT molecular complexity index is 1180. The fourth-order valence-corrected chi connectivity index (χ4v) is 6.78. The zero-order valence-electron chi connectivity index (χ0n) is 23.8. The number of allylic oxidation sites excluding steroid dienone is 2. The highest BCUT2D eigenvalue weighted by Crippen LogP contribution is 2.52. The average Bonchev–Trinajstić information content (AvgIpc) is 3.14. The summed E-state index contributed by atoms with van der Waals surface area (Å²) in [6.07, 6.45) is 6.66. The molecule has 0 unspecified atom stereocenters. The van der Waals surface area contributed by atoms with E-state index >= 15 is 0 Å². The van der Waals surface area contributed by atoms with Gasteiger partial charge in [-0.2, -0.15) is 0 Å². The molecule has 2 aliphatic heterocycles. The second-order valence-electron chi connectivity index (χ2n) is 11.7. The predicted octanol–water partition coefficient (Wildman–Crippen LogP) is 5.06. The molecular formula is C31H42BNO7. The minimum Gasteiger partial charge on any atom is -0.508 e. The van der Waals surface area contributed by atoms with E-state index in [4.69, 9.17) is 9.76 Å². The molecule has 1 aliphatic carbocycles. The van der Waals surface area contributed by atoms with Crippen LogP contribution in [0.1, 0.15) is 77.7 Å².